The van der Waals surface area contributed by atoms with Gasteiger partial charge in [-0.3, -0.25) is 0 Å². The summed E-state index contributed by atoms with van der Waals surface area (Å²) in [7, 11) is 0. The van der Waals surface area contributed by atoms with E-state index in [-0.39, 0.29) is 0 Å². The third-order valence-electron chi connectivity index (χ3n) is 5.53. The third-order valence-corrected chi connectivity index (χ3v) is 5.53. The molecule has 14 heavy (non-hydrogen) atoms. The largest absolute Gasteiger partial charge is 0.330 e. The molecule has 0 aliphatic heterocycles. The van der Waals surface area contributed by atoms with Crippen molar-refractivity contribution in [2.75, 3.05) is 6.54 Å². The molecule has 4 rings (SSSR count). The monoisotopic (exact) mass is 193 g/mol. The van der Waals surface area contributed by atoms with Crippen LogP contribution < -0.4 is 5.73 Å². The van der Waals surface area contributed by atoms with Crippen LogP contribution in [-0.2, 0) is 0 Å². The minimum absolute atomic E-state index is 0.587. The van der Waals surface area contributed by atoms with Gasteiger partial charge in [0.15, 0.2) is 0 Å². The number of rotatable bonds is 2. The summed E-state index contributed by atoms with van der Waals surface area (Å²) < 4.78 is 0. The van der Waals surface area contributed by atoms with Gasteiger partial charge in [0, 0.05) is 0 Å². The van der Waals surface area contributed by atoms with Crippen molar-refractivity contribution in [2.45, 2.75) is 45.4 Å². The van der Waals surface area contributed by atoms with Crippen molar-refractivity contribution < 1.29 is 0 Å². The van der Waals surface area contributed by atoms with Crippen LogP contribution in [0.15, 0.2) is 0 Å². The van der Waals surface area contributed by atoms with Crippen molar-refractivity contribution in [3.05, 3.63) is 0 Å². The van der Waals surface area contributed by atoms with E-state index in [1.165, 1.54) is 38.5 Å². The van der Waals surface area contributed by atoms with Gasteiger partial charge in [-0.05, 0) is 67.7 Å². The van der Waals surface area contributed by atoms with E-state index < -0.39 is 0 Å². The molecule has 4 fully saturated rings. The Hall–Kier alpha value is -0.0400. The highest BCUT2D eigenvalue weighted by atomic mass is 14.7. The molecule has 3 atom stereocenters. The van der Waals surface area contributed by atoms with E-state index in [0.29, 0.717) is 5.41 Å². The third kappa shape index (κ3) is 1.05. The van der Waals surface area contributed by atoms with Crippen molar-refractivity contribution >= 4 is 0 Å². The molecular weight excluding hydrogens is 170 g/mol. The van der Waals surface area contributed by atoms with E-state index in [0.717, 1.165) is 30.2 Å². The molecule has 0 aromatic heterocycles. The van der Waals surface area contributed by atoms with Gasteiger partial charge >= 0.3 is 0 Å². The van der Waals surface area contributed by atoms with E-state index in [2.05, 4.69) is 6.92 Å². The first kappa shape index (κ1) is 9.21. The highest BCUT2D eigenvalue weighted by molar-refractivity contribution is 5.05. The summed E-state index contributed by atoms with van der Waals surface area (Å²) in [5.41, 5.74) is 6.68. The molecule has 0 heterocycles. The first-order valence-electron chi connectivity index (χ1n) is 6.47. The first-order chi connectivity index (χ1) is 6.77. The summed E-state index contributed by atoms with van der Waals surface area (Å²) in [6, 6.07) is 0. The molecule has 0 aromatic carbocycles. The zero-order valence-electron chi connectivity index (χ0n) is 9.34. The fourth-order valence-corrected chi connectivity index (χ4v) is 5.40. The van der Waals surface area contributed by atoms with Crippen LogP contribution in [-0.4, -0.2) is 6.54 Å². The van der Waals surface area contributed by atoms with E-state index in [1.807, 2.05) is 0 Å². The van der Waals surface area contributed by atoms with Crippen molar-refractivity contribution in [1.29, 1.82) is 0 Å². The van der Waals surface area contributed by atoms with Crippen LogP contribution in [0.3, 0.4) is 0 Å². The van der Waals surface area contributed by atoms with Crippen LogP contribution in [0.4, 0.5) is 0 Å². The molecule has 1 heteroatoms. The van der Waals surface area contributed by atoms with E-state index in [9.17, 15) is 0 Å². The average Bonchev–Trinajstić information content (AvgIpc) is 2.16. The quantitative estimate of drug-likeness (QED) is 0.717. The summed E-state index contributed by atoms with van der Waals surface area (Å²) in [5, 5.41) is 0. The fourth-order valence-electron chi connectivity index (χ4n) is 5.40. The summed E-state index contributed by atoms with van der Waals surface area (Å²) >= 11 is 0. The second kappa shape index (κ2) is 2.98. The molecule has 0 radical (unpaired) electrons. The topological polar surface area (TPSA) is 26.0 Å². The Morgan fingerprint density at radius 3 is 2.29 bits per heavy atom. The molecule has 3 unspecified atom stereocenters. The lowest BCUT2D eigenvalue weighted by atomic mass is 9.44. The predicted octanol–water partition coefficient (Wildman–Crippen LogP) is 2.80. The summed E-state index contributed by atoms with van der Waals surface area (Å²) in [4.78, 5) is 0. The van der Waals surface area contributed by atoms with Crippen LogP contribution in [0.2, 0.25) is 0 Å². The molecular formula is C13H23N. The molecule has 4 saturated carbocycles. The molecule has 4 aliphatic rings. The highest BCUT2D eigenvalue weighted by Gasteiger charge is 2.55. The zero-order chi connectivity index (χ0) is 9.76. The molecule has 0 saturated heterocycles. The first-order valence-corrected chi connectivity index (χ1v) is 6.47. The van der Waals surface area contributed by atoms with E-state index in [1.54, 1.807) is 0 Å². The molecule has 0 amide bonds. The Morgan fingerprint density at radius 1 is 1.14 bits per heavy atom. The lowest BCUT2D eigenvalue weighted by Crippen LogP contribution is -2.55. The van der Waals surface area contributed by atoms with Gasteiger partial charge in [-0.1, -0.05) is 13.3 Å². The minimum atomic E-state index is 0.587. The van der Waals surface area contributed by atoms with Crippen molar-refractivity contribution in [3.63, 3.8) is 0 Å². The van der Waals surface area contributed by atoms with E-state index >= 15 is 0 Å². The summed E-state index contributed by atoms with van der Waals surface area (Å²) in [6.07, 6.45) is 8.92. The van der Waals surface area contributed by atoms with Crippen LogP contribution in [0.25, 0.3) is 0 Å². The Balaban J connectivity index is 1.94. The minimum Gasteiger partial charge on any atom is -0.330 e. The molecule has 1 nitrogen and oxygen atoms in total. The Bertz CT molecular complexity index is 221. The standard InChI is InChI=1S/C13H23N/c1-2-12-11-4-9-3-10(5-11)7-13(12,6-9)8-14/h9-12H,2-8,14H2,1H3. The smallest absolute Gasteiger partial charge is 0.00176 e. The molecule has 80 valence electrons. The number of hydrogen-bond donors (Lipinski definition) is 1. The molecule has 4 aliphatic carbocycles. The molecule has 4 bridgehead atoms. The van der Waals surface area contributed by atoms with Crippen molar-refractivity contribution in [3.8, 4) is 0 Å². The second-order valence-electron chi connectivity index (χ2n) is 6.19. The van der Waals surface area contributed by atoms with Gasteiger partial charge in [0.1, 0.15) is 0 Å². The van der Waals surface area contributed by atoms with Crippen LogP contribution in [0.1, 0.15) is 45.4 Å². The van der Waals surface area contributed by atoms with Crippen LogP contribution in [0.5, 0.6) is 0 Å². The Labute approximate surface area is 87.4 Å². The fraction of sp³-hybridized carbons (Fsp3) is 1.00. The molecule has 0 aromatic rings. The van der Waals surface area contributed by atoms with Gasteiger partial charge in [0.2, 0.25) is 0 Å². The highest BCUT2D eigenvalue weighted by Crippen LogP contribution is 2.63. The van der Waals surface area contributed by atoms with Gasteiger partial charge in [-0.15, -0.1) is 0 Å². The Morgan fingerprint density at radius 2 is 1.79 bits per heavy atom. The summed E-state index contributed by atoms with van der Waals surface area (Å²) in [6.45, 7) is 3.35. The maximum atomic E-state index is 6.09. The van der Waals surface area contributed by atoms with Crippen molar-refractivity contribution in [2.24, 2.45) is 34.8 Å². The zero-order valence-corrected chi connectivity index (χ0v) is 9.34. The lowest BCUT2D eigenvalue weighted by molar-refractivity contribution is -0.105. The van der Waals surface area contributed by atoms with Gasteiger partial charge < -0.3 is 5.73 Å². The van der Waals surface area contributed by atoms with Gasteiger partial charge in [0.05, 0.1) is 0 Å². The second-order valence-corrected chi connectivity index (χ2v) is 6.19. The lowest BCUT2D eigenvalue weighted by Gasteiger charge is -2.61. The number of hydrogen-bond acceptors (Lipinski definition) is 1. The van der Waals surface area contributed by atoms with Gasteiger partial charge in [-0.25, -0.2) is 0 Å². The Kier molecular flexibility index (Phi) is 1.96. The van der Waals surface area contributed by atoms with Gasteiger partial charge in [0.25, 0.3) is 0 Å². The summed E-state index contributed by atoms with van der Waals surface area (Å²) in [5.74, 6) is 4.13. The normalized spacial score (nSPS) is 55.3. The number of nitrogens with two attached hydrogens (primary N) is 1. The SMILES string of the molecule is CCC1C2CC3CC(C2)CC1(CN)C3. The van der Waals surface area contributed by atoms with Crippen LogP contribution in [0, 0.1) is 29.1 Å². The van der Waals surface area contributed by atoms with E-state index in [4.69, 9.17) is 5.73 Å². The van der Waals surface area contributed by atoms with Crippen molar-refractivity contribution in [1.82, 2.24) is 0 Å². The maximum Gasteiger partial charge on any atom is -0.00176 e. The van der Waals surface area contributed by atoms with Gasteiger partial charge in [-0.2, -0.15) is 0 Å². The molecule has 0 spiro atoms. The maximum absolute atomic E-state index is 6.09. The molecule has 2 N–H and O–H groups in total. The predicted molar refractivity (Wildman–Crippen MR) is 58.8 cm³/mol. The van der Waals surface area contributed by atoms with Crippen LogP contribution >= 0.6 is 0 Å². The average molecular weight is 193 g/mol.